The van der Waals surface area contributed by atoms with Crippen molar-refractivity contribution in [2.24, 2.45) is 5.73 Å². The molecule has 0 fully saturated rings. The van der Waals surface area contributed by atoms with Gasteiger partial charge in [-0.1, -0.05) is 24.3 Å². The van der Waals surface area contributed by atoms with Gasteiger partial charge in [0.2, 0.25) is 0 Å². The van der Waals surface area contributed by atoms with E-state index in [9.17, 15) is 8.78 Å². The first-order valence-electron chi connectivity index (χ1n) is 4.22. The second-order valence-electron chi connectivity index (χ2n) is 2.95. The second-order valence-corrected chi connectivity index (χ2v) is 2.95. The Hall–Kier alpha value is -0.960. The summed E-state index contributed by atoms with van der Waals surface area (Å²) in [6.45, 7) is -0.854. The molecule has 0 aromatic heterocycles. The van der Waals surface area contributed by atoms with E-state index in [2.05, 4.69) is 0 Å². The van der Waals surface area contributed by atoms with Crippen LogP contribution in [0.1, 0.15) is 17.0 Å². The first-order chi connectivity index (χ1) is 6.31. The largest absolute Gasteiger partial charge is 0.326 e. The highest BCUT2D eigenvalue weighted by Gasteiger charge is 2.09. The SMILES string of the molecule is NCc1ccc(C(CF)CF)cc1. The third-order valence-electron chi connectivity index (χ3n) is 2.06. The summed E-state index contributed by atoms with van der Waals surface area (Å²) in [6.07, 6.45) is 0. The zero-order chi connectivity index (χ0) is 9.68. The second kappa shape index (κ2) is 4.92. The van der Waals surface area contributed by atoms with E-state index in [4.69, 9.17) is 5.73 Å². The molecule has 0 aliphatic rings. The van der Waals surface area contributed by atoms with Crippen LogP contribution in [0.15, 0.2) is 24.3 Å². The average Bonchev–Trinajstić information content (AvgIpc) is 2.21. The van der Waals surface area contributed by atoms with Crippen molar-refractivity contribution in [3.05, 3.63) is 35.4 Å². The highest BCUT2D eigenvalue weighted by Crippen LogP contribution is 2.17. The molecular weight excluding hydrogens is 172 g/mol. The lowest BCUT2D eigenvalue weighted by atomic mass is 10.0. The lowest BCUT2D eigenvalue weighted by Gasteiger charge is -2.09. The Bertz CT molecular complexity index is 242. The number of nitrogens with two attached hydrogens (primary N) is 1. The molecule has 0 bridgehead atoms. The van der Waals surface area contributed by atoms with E-state index < -0.39 is 19.3 Å². The molecule has 1 nitrogen and oxygen atoms in total. The highest BCUT2D eigenvalue weighted by atomic mass is 19.1. The van der Waals surface area contributed by atoms with Crippen LogP contribution in [-0.4, -0.2) is 13.3 Å². The molecule has 0 unspecified atom stereocenters. The third kappa shape index (κ3) is 2.49. The molecule has 0 atom stereocenters. The van der Waals surface area contributed by atoms with Gasteiger partial charge in [0.15, 0.2) is 0 Å². The molecule has 1 rings (SSSR count). The van der Waals surface area contributed by atoms with E-state index in [1.54, 1.807) is 24.3 Å². The number of alkyl halides is 2. The molecular formula is C10H13F2N. The van der Waals surface area contributed by atoms with E-state index in [0.717, 1.165) is 5.56 Å². The summed E-state index contributed by atoms with van der Waals surface area (Å²) in [4.78, 5) is 0. The molecule has 72 valence electrons. The van der Waals surface area contributed by atoms with Gasteiger partial charge in [-0.15, -0.1) is 0 Å². The molecule has 0 heterocycles. The summed E-state index contributed by atoms with van der Waals surface area (Å²) < 4.78 is 24.5. The fourth-order valence-corrected chi connectivity index (χ4v) is 1.15. The van der Waals surface area contributed by atoms with Gasteiger partial charge in [-0.05, 0) is 11.1 Å². The first-order valence-corrected chi connectivity index (χ1v) is 4.22. The van der Waals surface area contributed by atoms with Crippen LogP contribution in [-0.2, 0) is 6.54 Å². The van der Waals surface area contributed by atoms with E-state index in [1.807, 2.05) is 0 Å². The molecule has 0 aliphatic carbocycles. The predicted octanol–water partition coefficient (Wildman–Crippen LogP) is 2.17. The van der Waals surface area contributed by atoms with E-state index in [0.29, 0.717) is 12.1 Å². The van der Waals surface area contributed by atoms with Crippen LogP contribution in [0, 0.1) is 0 Å². The van der Waals surface area contributed by atoms with Crippen LogP contribution in [0.5, 0.6) is 0 Å². The van der Waals surface area contributed by atoms with Gasteiger partial charge >= 0.3 is 0 Å². The number of halogens is 2. The maximum Gasteiger partial charge on any atom is 0.0988 e. The van der Waals surface area contributed by atoms with Gasteiger partial charge in [0.05, 0.1) is 13.3 Å². The Labute approximate surface area is 76.6 Å². The Morgan fingerprint density at radius 1 is 1.08 bits per heavy atom. The number of benzene rings is 1. The summed E-state index contributed by atoms with van der Waals surface area (Å²) in [5, 5.41) is 0. The topological polar surface area (TPSA) is 26.0 Å². The normalized spacial score (nSPS) is 10.8. The lowest BCUT2D eigenvalue weighted by molar-refractivity contribution is 0.353. The zero-order valence-corrected chi connectivity index (χ0v) is 7.34. The predicted molar refractivity (Wildman–Crippen MR) is 49.0 cm³/mol. The van der Waals surface area contributed by atoms with Crippen LogP contribution in [0.2, 0.25) is 0 Å². The summed E-state index contributed by atoms with van der Waals surface area (Å²) in [6, 6.07) is 7.05. The lowest BCUT2D eigenvalue weighted by Crippen LogP contribution is -2.04. The van der Waals surface area contributed by atoms with Crippen molar-refractivity contribution in [1.82, 2.24) is 0 Å². The molecule has 0 saturated carbocycles. The molecule has 2 N–H and O–H groups in total. The van der Waals surface area contributed by atoms with Crippen molar-refractivity contribution in [3.8, 4) is 0 Å². The molecule has 0 amide bonds. The summed E-state index contributed by atoms with van der Waals surface area (Å²) >= 11 is 0. The molecule has 0 spiro atoms. The highest BCUT2D eigenvalue weighted by molar-refractivity contribution is 5.25. The summed E-state index contributed by atoms with van der Waals surface area (Å²) in [5.41, 5.74) is 7.06. The fourth-order valence-electron chi connectivity index (χ4n) is 1.15. The quantitative estimate of drug-likeness (QED) is 0.764. The van der Waals surface area contributed by atoms with Crippen LogP contribution in [0.25, 0.3) is 0 Å². The van der Waals surface area contributed by atoms with Gasteiger partial charge in [0.25, 0.3) is 0 Å². The summed E-state index contributed by atoms with van der Waals surface area (Å²) in [5.74, 6) is -0.619. The van der Waals surface area contributed by atoms with Crippen LogP contribution in [0.4, 0.5) is 8.78 Å². The van der Waals surface area contributed by atoms with Gasteiger partial charge in [-0.3, -0.25) is 8.78 Å². The van der Waals surface area contributed by atoms with Gasteiger partial charge < -0.3 is 5.73 Å². The van der Waals surface area contributed by atoms with Crippen molar-refractivity contribution in [1.29, 1.82) is 0 Å². The number of hydrogen-bond acceptors (Lipinski definition) is 1. The van der Waals surface area contributed by atoms with E-state index >= 15 is 0 Å². The van der Waals surface area contributed by atoms with Crippen molar-refractivity contribution >= 4 is 0 Å². The number of hydrogen-bond donors (Lipinski definition) is 1. The monoisotopic (exact) mass is 185 g/mol. The first kappa shape index (κ1) is 10.1. The molecule has 0 saturated heterocycles. The van der Waals surface area contributed by atoms with Gasteiger partial charge in [-0.2, -0.15) is 0 Å². The average molecular weight is 185 g/mol. The molecule has 1 aromatic rings. The molecule has 0 aliphatic heterocycles. The molecule has 3 heteroatoms. The molecule has 1 aromatic carbocycles. The zero-order valence-electron chi connectivity index (χ0n) is 7.34. The fraction of sp³-hybridized carbons (Fsp3) is 0.400. The Morgan fingerprint density at radius 3 is 2.00 bits per heavy atom. The Balaban J connectivity index is 2.78. The van der Waals surface area contributed by atoms with Crippen LogP contribution in [0.3, 0.4) is 0 Å². The smallest absolute Gasteiger partial charge is 0.0988 e. The standard InChI is InChI=1S/C10H13F2N/c11-5-10(6-12)9-3-1-8(7-13)2-4-9/h1-4,10H,5-7,13H2. The molecule has 0 radical (unpaired) electrons. The Kier molecular flexibility index (Phi) is 3.83. The minimum absolute atomic E-state index is 0.455. The van der Waals surface area contributed by atoms with Gasteiger partial charge in [0, 0.05) is 12.5 Å². The van der Waals surface area contributed by atoms with Crippen LogP contribution < -0.4 is 5.73 Å². The van der Waals surface area contributed by atoms with E-state index in [1.165, 1.54) is 0 Å². The van der Waals surface area contributed by atoms with Gasteiger partial charge in [-0.25, -0.2) is 0 Å². The third-order valence-corrected chi connectivity index (χ3v) is 2.06. The van der Waals surface area contributed by atoms with Crippen molar-refractivity contribution in [2.45, 2.75) is 12.5 Å². The maximum atomic E-state index is 12.3. The van der Waals surface area contributed by atoms with Crippen molar-refractivity contribution in [2.75, 3.05) is 13.3 Å². The Morgan fingerprint density at radius 2 is 1.62 bits per heavy atom. The maximum absolute atomic E-state index is 12.3. The molecule has 13 heavy (non-hydrogen) atoms. The minimum atomic E-state index is -0.654. The van der Waals surface area contributed by atoms with Crippen LogP contribution >= 0.6 is 0 Å². The van der Waals surface area contributed by atoms with Crippen molar-refractivity contribution < 1.29 is 8.78 Å². The summed E-state index contributed by atoms with van der Waals surface area (Å²) in [7, 11) is 0. The van der Waals surface area contributed by atoms with Crippen molar-refractivity contribution in [3.63, 3.8) is 0 Å². The van der Waals surface area contributed by atoms with E-state index in [-0.39, 0.29) is 0 Å². The minimum Gasteiger partial charge on any atom is -0.326 e. The van der Waals surface area contributed by atoms with Gasteiger partial charge in [0.1, 0.15) is 0 Å². The number of rotatable bonds is 4.